The van der Waals surface area contributed by atoms with Crippen LogP contribution in [0.2, 0.25) is 103 Å². The molecule has 0 saturated carbocycles. The summed E-state index contributed by atoms with van der Waals surface area (Å²) >= 11 is 0. The third kappa shape index (κ3) is 42.5. The van der Waals surface area contributed by atoms with Crippen molar-refractivity contribution in [1.82, 2.24) is 0 Å². The Hall–Kier alpha value is -2.42. The normalized spacial score (nSPS) is 16.6. The monoisotopic (exact) mass is 1270 g/mol. The number of epoxide rings is 2. The van der Waals surface area contributed by atoms with Crippen molar-refractivity contribution >= 4 is 68.6 Å². The van der Waals surface area contributed by atoms with Crippen LogP contribution in [0.5, 0.6) is 0 Å². The van der Waals surface area contributed by atoms with Gasteiger partial charge < -0.3 is 69.7 Å². The summed E-state index contributed by atoms with van der Waals surface area (Å²) in [7, 11) is -11.8. The molecule has 0 radical (unpaired) electrons. The molecule has 15 nitrogen and oxygen atoms in total. The minimum absolute atomic E-state index is 0.106. The highest BCUT2D eigenvalue weighted by Crippen LogP contribution is 2.28. The molecule has 3 aromatic carbocycles. The van der Waals surface area contributed by atoms with Crippen molar-refractivity contribution < 1.29 is 69.7 Å². The number of hydrogen-bond donors (Lipinski definition) is 3. The van der Waals surface area contributed by atoms with Crippen molar-refractivity contribution in [1.29, 1.82) is 0 Å². The van der Waals surface area contributed by atoms with Gasteiger partial charge in [-0.05, 0) is 145 Å². The van der Waals surface area contributed by atoms with E-state index < -0.39 is 62.6 Å². The molecule has 476 valence electrons. The van der Waals surface area contributed by atoms with Crippen LogP contribution in [0.3, 0.4) is 0 Å². The van der Waals surface area contributed by atoms with E-state index in [-0.39, 0.29) is 33.0 Å². The van der Waals surface area contributed by atoms with E-state index in [1.165, 1.54) is 0 Å². The summed E-state index contributed by atoms with van der Waals surface area (Å²) in [5, 5.41) is 28.8. The SMILES string of the molecule is C[Si](C)(CCCOCC(O)COC/C=C/c1ccccc1)O[Si](C)(C)O[Si](C)(C)CCCOCC(O)COC/C=C/c1ccccc1.C[Si](C)(CCCOCC1CO1)O[Si](C)(C)O[Si](C)(C)CCCOCC1CO1.OC/C=C/c1ccccc1. The molecule has 3 N–H and O–H groups in total. The molecule has 2 aliphatic rings. The molecule has 2 saturated heterocycles. The molecule has 0 amide bonds. The lowest BCUT2D eigenvalue weighted by Crippen LogP contribution is -2.52. The van der Waals surface area contributed by atoms with Crippen molar-refractivity contribution in [2.75, 3.05) is 99.1 Å². The Bertz CT molecular complexity index is 2070. The van der Waals surface area contributed by atoms with Gasteiger partial charge in [0.1, 0.15) is 24.4 Å². The van der Waals surface area contributed by atoms with Gasteiger partial charge >= 0.3 is 17.1 Å². The number of hydrogen-bond acceptors (Lipinski definition) is 15. The van der Waals surface area contributed by atoms with E-state index in [0.29, 0.717) is 38.6 Å². The molecule has 0 bridgehead atoms. The van der Waals surface area contributed by atoms with Crippen LogP contribution in [0.25, 0.3) is 18.2 Å². The van der Waals surface area contributed by atoms with Gasteiger partial charge in [-0.2, -0.15) is 0 Å². The average molecular weight is 1280 g/mol. The molecule has 2 fully saturated rings. The summed E-state index contributed by atoms with van der Waals surface area (Å²) in [5.74, 6) is 0. The van der Waals surface area contributed by atoms with Gasteiger partial charge in [-0.3, -0.25) is 0 Å². The summed E-state index contributed by atoms with van der Waals surface area (Å²) in [6.07, 6.45) is 14.8. The van der Waals surface area contributed by atoms with Gasteiger partial charge in [-0.25, -0.2) is 0 Å². The van der Waals surface area contributed by atoms with Gasteiger partial charge in [0, 0.05) is 26.4 Å². The van der Waals surface area contributed by atoms with Gasteiger partial charge in [-0.1, -0.05) is 127 Å². The molecule has 3 aromatic rings. The molecule has 0 aromatic heterocycles. The molecular weight excluding hydrogens is 1170 g/mol. The van der Waals surface area contributed by atoms with Crippen molar-refractivity contribution in [3.63, 3.8) is 0 Å². The lowest BCUT2D eigenvalue weighted by molar-refractivity contribution is -0.0128. The molecule has 5 rings (SSSR count). The number of aliphatic hydroxyl groups excluding tert-OH is 3. The fraction of sp³-hybridized carbons (Fsp3) is 0.619. The molecule has 2 aliphatic heterocycles. The summed E-state index contributed by atoms with van der Waals surface area (Å²) in [6.45, 7) is 34.9. The average Bonchev–Trinajstić information content (AvgIpc) is 4.51. The van der Waals surface area contributed by atoms with Crippen LogP contribution < -0.4 is 0 Å². The summed E-state index contributed by atoms with van der Waals surface area (Å²) in [6, 6.07) is 34.1. The van der Waals surface area contributed by atoms with E-state index in [2.05, 4.69) is 78.6 Å². The van der Waals surface area contributed by atoms with Gasteiger partial charge in [0.15, 0.2) is 33.3 Å². The second kappa shape index (κ2) is 41.7. The van der Waals surface area contributed by atoms with Crippen LogP contribution in [0.1, 0.15) is 42.4 Å². The van der Waals surface area contributed by atoms with Crippen LogP contribution in [0.4, 0.5) is 0 Å². The predicted octanol–water partition coefficient (Wildman–Crippen LogP) is 12.6. The molecular formula is C63H110O15Si6. The standard InChI is InChI=1S/C36H60O8Si3.C18H40O6Si3.C9H10O/c1-45(2,27-15-25-41-31-35(37)29-39-23-13-21-33-17-9-7-10-18-33)43-47(5,6)44-46(3,4)28-16-26-42-32-36(38)30-40-24-14-22-34-19-11-8-12-20-34;1-25(2,11-7-9-19-13-17-15-21-17)23-27(5,6)24-26(3,4)12-8-10-20-14-18-16-22-18;10-8-4-7-9-5-2-1-3-6-9/h7-14,17-22,35-38H,15-16,23-32H2,1-6H3;17-18H,7-16H2,1-6H3;1-7,10H,8H2/b21-13+,22-14+;;7-4+. The Kier molecular flexibility index (Phi) is 37.7. The highest BCUT2D eigenvalue weighted by Gasteiger charge is 2.41. The molecule has 2 heterocycles. The lowest BCUT2D eigenvalue weighted by Gasteiger charge is -2.39. The zero-order chi connectivity index (χ0) is 61.6. The summed E-state index contributed by atoms with van der Waals surface area (Å²) in [5.41, 5.74) is 3.37. The van der Waals surface area contributed by atoms with Crippen molar-refractivity contribution in [2.24, 2.45) is 0 Å². The second-order valence-electron chi connectivity index (χ2n) is 24.9. The third-order valence-electron chi connectivity index (χ3n) is 12.9. The summed E-state index contributed by atoms with van der Waals surface area (Å²) < 4.78 is 70.8. The smallest absolute Gasteiger partial charge is 0.311 e. The molecule has 0 spiro atoms. The lowest BCUT2D eigenvalue weighted by atomic mass is 10.2. The number of aliphatic hydroxyl groups is 3. The van der Waals surface area contributed by atoms with Gasteiger partial charge in [-0.15, -0.1) is 0 Å². The van der Waals surface area contributed by atoms with E-state index in [1.807, 2.05) is 121 Å². The van der Waals surface area contributed by atoms with Crippen molar-refractivity contribution in [3.8, 4) is 0 Å². The number of benzene rings is 3. The minimum Gasteiger partial charge on any atom is -0.437 e. The van der Waals surface area contributed by atoms with Crippen molar-refractivity contribution in [3.05, 3.63) is 126 Å². The molecule has 84 heavy (non-hydrogen) atoms. The minimum atomic E-state index is -2.32. The van der Waals surface area contributed by atoms with E-state index in [4.69, 9.17) is 59.5 Å². The van der Waals surface area contributed by atoms with Gasteiger partial charge in [0.05, 0.1) is 72.7 Å². The van der Waals surface area contributed by atoms with E-state index >= 15 is 0 Å². The summed E-state index contributed by atoms with van der Waals surface area (Å²) in [4.78, 5) is 0. The fourth-order valence-corrected chi connectivity index (χ4v) is 37.4. The molecule has 0 aliphatic carbocycles. The highest BCUT2D eigenvalue weighted by atomic mass is 28.5. The number of rotatable bonds is 44. The van der Waals surface area contributed by atoms with Crippen LogP contribution >= 0.6 is 0 Å². The van der Waals surface area contributed by atoms with Gasteiger partial charge in [0.2, 0.25) is 0 Å². The zero-order valence-corrected chi connectivity index (χ0v) is 59.4. The highest BCUT2D eigenvalue weighted by molar-refractivity contribution is 6.88. The van der Waals surface area contributed by atoms with Crippen molar-refractivity contribution in [2.45, 2.75) is 153 Å². The maximum atomic E-state index is 10.2. The first-order valence-electron chi connectivity index (χ1n) is 30.5. The fourth-order valence-electron chi connectivity index (χ4n) is 9.39. The third-order valence-corrected chi connectivity index (χ3v) is 35.8. The van der Waals surface area contributed by atoms with E-state index in [9.17, 15) is 10.2 Å². The first kappa shape index (κ1) is 75.8. The Balaban J connectivity index is 0.000000414. The largest absolute Gasteiger partial charge is 0.437 e. The zero-order valence-electron chi connectivity index (χ0n) is 53.4. The van der Waals surface area contributed by atoms with Crippen LogP contribution in [0, 0.1) is 0 Å². The van der Waals surface area contributed by atoms with Crippen LogP contribution in [-0.2, 0) is 54.4 Å². The Morgan fingerprint density at radius 1 is 0.417 bits per heavy atom. The molecule has 21 heteroatoms. The molecule has 4 atom stereocenters. The quantitative estimate of drug-likeness (QED) is 0.0276. The van der Waals surface area contributed by atoms with E-state index in [1.54, 1.807) is 6.08 Å². The topological polar surface area (TPSA) is 178 Å². The van der Waals surface area contributed by atoms with Crippen LogP contribution in [0.15, 0.2) is 109 Å². The Morgan fingerprint density at radius 2 is 0.690 bits per heavy atom. The first-order chi connectivity index (χ1) is 39.9. The maximum Gasteiger partial charge on any atom is 0.311 e. The van der Waals surface area contributed by atoms with Crippen LogP contribution in [-0.4, -0.2) is 189 Å². The Labute approximate surface area is 513 Å². The maximum absolute atomic E-state index is 10.2. The number of ether oxygens (including phenoxy) is 8. The predicted molar refractivity (Wildman–Crippen MR) is 357 cm³/mol. The first-order valence-corrected chi connectivity index (χ1v) is 48.6. The molecule has 4 unspecified atom stereocenters. The van der Waals surface area contributed by atoms with Gasteiger partial charge in [0.25, 0.3) is 0 Å². The van der Waals surface area contributed by atoms with E-state index in [0.717, 1.165) is 106 Å². The Morgan fingerprint density at radius 3 is 0.976 bits per heavy atom. The second-order valence-corrected chi connectivity index (χ2v) is 49.8.